The quantitative estimate of drug-likeness (QED) is 0.807. The van der Waals surface area contributed by atoms with E-state index >= 15 is 0 Å². The normalized spacial score (nSPS) is 21.9. The number of carbonyl (C=O) groups excluding carboxylic acids is 2. The molecule has 1 atom stereocenters. The number of piperidine rings is 1. The van der Waals surface area contributed by atoms with Crippen LogP contribution in [-0.2, 0) is 15.8 Å². The highest BCUT2D eigenvalue weighted by Gasteiger charge is 2.38. The Morgan fingerprint density at radius 3 is 2.38 bits per heavy atom. The zero-order valence-electron chi connectivity index (χ0n) is 16.6. The first-order chi connectivity index (χ1) is 13.7. The molecule has 0 aromatic carbocycles. The first kappa shape index (κ1) is 21.4. The second-order valence-electron chi connectivity index (χ2n) is 7.59. The molecule has 3 heterocycles. The van der Waals surface area contributed by atoms with Gasteiger partial charge < -0.3 is 20.0 Å². The Hall–Kier alpha value is -2.36. The summed E-state index contributed by atoms with van der Waals surface area (Å²) in [5.41, 5.74) is -0.776. The van der Waals surface area contributed by atoms with Crippen molar-refractivity contribution in [3.8, 4) is 0 Å². The number of carbonyl (C=O) groups is 2. The van der Waals surface area contributed by atoms with Gasteiger partial charge in [-0.2, -0.15) is 13.2 Å². The van der Waals surface area contributed by atoms with Crippen molar-refractivity contribution in [2.45, 2.75) is 25.1 Å². The van der Waals surface area contributed by atoms with Gasteiger partial charge >= 0.3 is 6.18 Å². The van der Waals surface area contributed by atoms with E-state index in [0.29, 0.717) is 51.4 Å². The highest BCUT2D eigenvalue weighted by Crippen LogP contribution is 2.30. The van der Waals surface area contributed by atoms with Crippen LogP contribution >= 0.6 is 0 Å². The Balaban J connectivity index is 1.61. The first-order valence-electron chi connectivity index (χ1n) is 9.69. The molecule has 29 heavy (non-hydrogen) atoms. The van der Waals surface area contributed by atoms with Crippen molar-refractivity contribution in [1.29, 1.82) is 0 Å². The number of hydrogen-bond acceptors (Lipinski definition) is 5. The summed E-state index contributed by atoms with van der Waals surface area (Å²) in [6.07, 6.45) is -2.41. The van der Waals surface area contributed by atoms with E-state index in [1.807, 2.05) is 16.8 Å². The lowest BCUT2D eigenvalue weighted by Crippen LogP contribution is -2.61. The molecule has 1 unspecified atom stereocenters. The van der Waals surface area contributed by atoms with Crippen molar-refractivity contribution < 1.29 is 22.8 Å². The van der Waals surface area contributed by atoms with Crippen LogP contribution in [0.15, 0.2) is 18.3 Å². The molecule has 2 aliphatic heterocycles. The Labute approximate surface area is 167 Å². The van der Waals surface area contributed by atoms with Gasteiger partial charge in [0.05, 0.1) is 5.56 Å². The van der Waals surface area contributed by atoms with Gasteiger partial charge in [0.2, 0.25) is 11.8 Å². The van der Waals surface area contributed by atoms with Crippen molar-refractivity contribution in [3.05, 3.63) is 23.9 Å². The van der Waals surface area contributed by atoms with Gasteiger partial charge in [0.25, 0.3) is 0 Å². The summed E-state index contributed by atoms with van der Waals surface area (Å²) in [7, 11) is 3.49. The van der Waals surface area contributed by atoms with Crippen LogP contribution in [0.1, 0.15) is 18.4 Å². The van der Waals surface area contributed by atoms with Crippen LogP contribution in [0, 0.1) is 5.92 Å². The van der Waals surface area contributed by atoms with Crippen molar-refractivity contribution >= 4 is 17.6 Å². The minimum absolute atomic E-state index is 0.0215. The number of nitrogens with one attached hydrogen (secondary N) is 1. The molecule has 7 nitrogen and oxygen atoms in total. The summed E-state index contributed by atoms with van der Waals surface area (Å²) in [5.74, 6) is 0.0889. The van der Waals surface area contributed by atoms with E-state index < -0.39 is 17.8 Å². The lowest BCUT2D eigenvalue weighted by Gasteiger charge is -2.42. The van der Waals surface area contributed by atoms with Crippen molar-refractivity contribution in [2.24, 2.45) is 5.92 Å². The predicted molar refractivity (Wildman–Crippen MR) is 101 cm³/mol. The molecule has 1 N–H and O–H groups in total. The molecule has 160 valence electrons. The number of anilines is 1. The summed E-state index contributed by atoms with van der Waals surface area (Å²) >= 11 is 0. The largest absolute Gasteiger partial charge is 0.417 e. The number of nitrogens with zero attached hydrogens (tertiary/aromatic N) is 4. The number of halogens is 3. The number of piperazine rings is 1. The minimum atomic E-state index is -4.41. The van der Waals surface area contributed by atoms with Crippen LogP contribution in [-0.4, -0.2) is 79.5 Å². The first-order valence-corrected chi connectivity index (χ1v) is 9.69. The van der Waals surface area contributed by atoms with Crippen LogP contribution in [0.25, 0.3) is 0 Å². The molecule has 0 aliphatic carbocycles. The molecule has 2 fully saturated rings. The number of rotatable bonds is 3. The topological polar surface area (TPSA) is 68.8 Å². The standard InChI is InChI=1S/C19H26F3N5O2/c1-23-17(28)15-12-25(2)9-10-27(15)18(29)13-5-7-26(8-6-13)16-4-3-14(11-24-16)19(20,21)22/h3-4,11,13,15H,5-10,12H2,1-2H3,(H,23,28). The summed E-state index contributed by atoms with van der Waals surface area (Å²) in [5, 5.41) is 2.63. The smallest absolute Gasteiger partial charge is 0.357 e. The maximum absolute atomic E-state index is 13.1. The molecule has 2 aliphatic rings. The Bertz CT molecular complexity index is 732. The third kappa shape index (κ3) is 4.80. The monoisotopic (exact) mass is 413 g/mol. The molecule has 0 radical (unpaired) electrons. The summed E-state index contributed by atoms with van der Waals surface area (Å²) in [4.78, 5) is 34.8. The average molecular weight is 413 g/mol. The van der Waals surface area contributed by atoms with Crippen molar-refractivity contribution in [2.75, 3.05) is 51.7 Å². The fourth-order valence-corrected chi connectivity index (χ4v) is 3.91. The Morgan fingerprint density at radius 1 is 1.14 bits per heavy atom. The third-order valence-electron chi connectivity index (χ3n) is 5.66. The van der Waals surface area contributed by atoms with Crippen LogP contribution in [0.2, 0.25) is 0 Å². The number of likely N-dealkylation sites (N-methyl/N-ethyl adjacent to an activating group) is 2. The van der Waals surface area contributed by atoms with Crippen LogP contribution in [0.3, 0.4) is 0 Å². The second kappa shape index (κ2) is 8.56. The highest BCUT2D eigenvalue weighted by atomic mass is 19.4. The van der Waals surface area contributed by atoms with E-state index in [2.05, 4.69) is 10.3 Å². The number of amides is 2. The molecular formula is C19H26F3N5O2. The second-order valence-corrected chi connectivity index (χ2v) is 7.59. The lowest BCUT2D eigenvalue weighted by atomic mass is 9.94. The van der Waals surface area contributed by atoms with Gasteiger partial charge in [0, 0.05) is 51.9 Å². The number of alkyl halides is 3. The third-order valence-corrected chi connectivity index (χ3v) is 5.66. The highest BCUT2D eigenvalue weighted by molar-refractivity contribution is 5.89. The van der Waals surface area contributed by atoms with E-state index in [9.17, 15) is 22.8 Å². The van der Waals surface area contributed by atoms with Crippen LogP contribution < -0.4 is 10.2 Å². The minimum Gasteiger partial charge on any atom is -0.357 e. The summed E-state index contributed by atoms with van der Waals surface area (Å²) in [6, 6.07) is 1.89. The van der Waals surface area contributed by atoms with Crippen molar-refractivity contribution in [3.63, 3.8) is 0 Å². The van der Waals surface area contributed by atoms with Gasteiger partial charge in [-0.05, 0) is 32.0 Å². The van der Waals surface area contributed by atoms with E-state index in [0.717, 1.165) is 12.3 Å². The van der Waals surface area contributed by atoms with Gasteiger partial charge in [-0.1, -0.05) is 0 Å². The maximum atomic E-state index is 13.1. The number of pyridine rings is 1. The maximum Gasteiger partial charge on any atom is 0.417 e. The van der Waals surface area contributed by atoms with Crippen LogP contribution in [0.5, 0.6) is 0 Å². The average Bonchev–Trinajstić information content (AvgIpc) is 2.72. The molecule has 0 bridgehead atoms. The zero-order valence-corrected chi connectivity index (χ0v) is 16.6. The van der Waals surface area contributed by atoms with Crippen LogP contribution in [0.4, 0.5) is 19.0 Å². The van der Waals surface area contributed by atoms with E-state index in [1.54, 1.807) is 11.9 Å². The molecule has 10 heteroatoms. The summed E-state index contributed by atoms with van der Waals surface area (Å²) in [6.45, 7) is 2.79. The van der Waals surface area contributed by atoms with Crippen molar-refractivity contribution in [1.82, 2.24) is 20.1 Å². The number of aromatic nitrogens is 1. The SMILES string of the molecule is CNC(=O)C1CN(C)CCN1C(=O)C1CCN(c2ccc(C(F)(F)F)cn2)CC1. The Morgan fingerprint density at radius 2 is 1.83 bits per heavy atom. The van der Waals surface area contributed by atoms with Gasteiger partial charge in [0.1, 0.15) is 11.9 Å². The zero-order chi connectivity index (χ0) is 21.2. The fourth-order valence-electron chi connectivity index (χ4n) is 3.91. The van der Waals surface area contributed by atoms with E-state index in [4.69, 9.17) is 0 Å². The Kier molecular flexibility index (Phi) is 6.30. The number of hydrogen-bond donors (Lipinski definition) is 1. The molecule has 1 aromatic rings. The fraction of sp³-hybridized carbons (Fsp3) is 0.632. The molecule has 3 rings (SSSR count). The molecule has 0 spiro atoms. The molecule has 2 amide bonds. The van der Waals surface area contributed by atoms with Gasteiger partial charge in [-0.3, -0.25) is 9.59 Å². The van der Waals surface area contributed by atoms with Gasteiger partial charge in [0.15, 0.2) is 0 Å². The lowest BCUT2D eigenvalue weighted by molar-refractivity contribution is -0.147. The predicted octanol–water partition coefficient (Wildman–Crippen LogP) is 1.21. The van der Waals surface area contributed by atoms with E-state index in [-0.39, 0.29) is 17.7 Å². The summed E-state index contributed by atoms with van der Waals surface area (Å²) < 4.78 is 38.1. The molecule has 0 saturated carbocycles. The van der Waals surface area contributed by atoms with Gasteiger partial charge in [-0.25, -0.2) is 4.98 Å². The molecular weight excluding hydrogens is 387 g/mol. The molecule has 2 saturated heterocycles. The van der Waals surface area contributed by atoms with Gasteiger partial charge in [-0.15, -0.1) is 0 Å². The van der Waals surface area contributed by atoms with E-state index in [1.165, 1.54) is 6.07 Å². The molecule has 1 aromatic heterocycles.